The second-order valence-electron chi connectivity index (χ2n) is 6.64. The summed E-state index contributed by atoms with van der Waals surface area (Å²) >= 11 is 0. The normalized spacial score (nSPS) is 10.3. The van der Waals surface area contributed by atoms with Crippen LogP contribution in [0.4, 0.5) is 11.4 Å². The van der Waals surface area contributed by atoms with E-state index in [-0.39, 0.29) is 11.8 Å². The molecule has 4 heteroatoms. The van der Waals surface area contributed by atoms with E-state index in [1.54, 1.807) is 24.3 Å². The van der Waals surface area contributed by atoms with Crippen LogP contribution in [0.5, 0.6) is 0 Å². The third-order valence-corrected chi connectivity index (χ3v) is 4.33. The first-order valence-corrected chi connectivity index (χ1v) is 8.79. The van der Waals surface area contributed by atoms with Crippen molar-refractivity contribution in [3.8, 4) is 0 Å². The van der Waals surface area contributed by atoms with Crippen molar-refractivity contribution in [2.75, 3.05) is 10.6 Å². The lowest BCUT2D eigenvalue weighted by molar-refractivity contribution is 0.102. The maximum absolute atomic E-state index is 12.7. The fraction of sp³-hybridized carbons (Fsp3) is 0.130. The SMILES string of the molecule is Cc1cccc(NC(=O)c2ccccc2NC(=O)c2cc(C)ccc2C)c1. The lowest BCUT2D eigenvalue weighted by Gasteiger charge is -2.13. The second-order valence-corrected chi connectivity index (χ2v) is 6.64. The van der Waals surface area contributed by atoms with Crippen molar-refractivity contribution < 1.29 is 9.59 Å². The first kappa shape index (κ1) is 18.4. The van der Waals surface area contributed by atoms with Crippen LogP contribution in [0.1, 0.15) is 37.4 Å². The molecule has 3 aromatic carbocycles. The number of carbonyl (C=O) groups is 2. The van der Waals surface area contributed by atoms with Gasteiger partial charge in [0.25, 0.3) is 11.8 Å². The smallest absolute Gasteiger partial charge is 0.257 e. The third-order valence-electron chi connectivity index (χ3n) is 4.33. The molecule has 4 nitrogen and oxygen atoms in total. The average molecular weight is 358 g/mol. The van der Waals surface area contributed by atoms with E-state index in [1.807, 2.05) is 63.2 Å². The topological polar surface area (TPSA) is 58.2 Å². The zero-order valence-corrected chi connectivity index (χ0v) is 15.7. The van der Waals surface area contributed by atoms with Crippen molar-refractivity contribution >= 4 is 23.2 Å². The van der Waals surface area contributed by atoms with Crippen LogP contribution in [0.15, 0.2) is 66.7 Å². The van der Waals surface area contributed by atoms with Gasteiger partial charge in [-0.05, 0) is 62.2 Å². The summed E-state index contributed by atoms with van der Waals surface area (Å²) in [4.78, 5) is 25.4. The maximum atomic E-state index is 12.7. The Morgan fingerprint density at radius 3 is 2.15 bits per heavy atom. The summed E-state index contributed by atoms with van der Waals surface area (Å²) in [5.74, 6) is -0.496. The standard InChI is InChI=1S/C23H22N2O2/c1-15-7-6-8-18(13-15)24-22(26)19-9-4-5-10-21(19)25-23(27)20-14-16(2)11-12-17(20)3/h4-14H,1-3H3,(H,24,26)(H,25,27). The van der Waals surface area contributed by atoms with Crippen LogP contribution >= 0.6 is 0 Å². The van der Waals surface area contributed by atoms with Crippen molar-refractivity contribution in [3.63, 3.8) is 0 Å². The van der Waals surface area contributed by atoms with E-state index in [9.17, 15) is 9.59 Å². The van der Waals surface area contributed by atoms with Crippen LogP contribution < -0.4 is 10.6 Å². The van der Waals surface area contributed by atoms with Gasteiger partial charge in [0.2, 0.25) is 0 Å². The van der Waals surface area contributed by atoms with Crippen molar-refractivity contribution in [1.29, 1.82) is 0 Å². The molecular weight excluding hydrogens is 336 g/mol. The first-order chi connectivity index (χ1) is 12.9. The largest absolute Gasteiger partial charge is 0.322 e. The number of rotatable bonds is 4. The number of anilines is 2. The zero-order valence-electron chi connectivity index (χ0n) is 15.7. The van der Waals surface area contributed by atoms with Gasteiger partial charge in [-0.2, -0.15) is 0 Å². The van der Waals surface area contributed by atoms with Gasteiger partial charge in [-0.25, -0.2) is 0 Å². The minimum atomic E-state index is -0.266. The molecular formula is C23H22N2O2. The second kappa shape index (κ2) is 7.87. The quantitative estimate of drug-likeness (QED) is 0.680. The molecule has 0 bridgehead atoms. The van der Waals surface area contributed by atoms with E-state index in [1.165, 1.54) is 0 Å². The van der Waals surface area contributed by atoms with Crippen molar-refractivity contribution in [2.24, 2.45) is 0 Å². The molecule has 0 saturated carbocycles. The Morgan fingerprint density at radius 2 is 1.37 bits per heavy atom. The minimum Gasteiger partial charge on any atom is -0.322 e. The zero-order chi connectivity index (χ0) is 19.4. The van der Waals surface area contributed by atoms with Gasteiger partial charge in [0.05, 0.1) is 11.3 Å². The number of aryl methyl sites for hydroxylation is 3. The van der Waals surface area contributed by atoms with Gasteiger partial charge < -0.3 is 10.6 Å². The van der Waals surface area contributed by atoms with Crippen LogP contribution in [-0.4, -0.2) is 11.8 Å². The molecule has 0 aliphatic rings. The Bertz CT molecular complexity index is 1010. The van der Waals surface area contributed by atoms with E-state index in [2.05, 4.69) is 10.6 Å². The number of para-hydroxylation sites is 1. The van der Waals surface area contributed by atoms with Gasteiger partial charge in [0.1, 0.15) is 0 Å². The number of amides is 2. The van der Waals surface area contributed by atoms with Gasteiger partial charge >= 0.3 is 0 Å². The van der Waals surface area contributed by atoms with Crippen LogP contribution in [0, 0.1) is 20.8 Å². The Labute approximate surface area is 159 Å². The molecule has 0 fully saturated rings. The van der Waals surface area contributed by atoms with Crippen molar-refractivity contribution in [3.05, 3.63) is 94.5 Å². The number of hydrogen-bond donors (Lipinski definition) is 2. The lowest BCUT2D eigenvalue weighted by atomic mass is 10.0. The highest BCUT2D eigenvalue weighted by molar-refractivity contribution is 6.12. The molecule has 2 amide bonds. The fourth-order valence-electron chi connectivity index (χ4n) is 2.88. The Hall–Kier alpha value is -3.40. The molecule has 3 aromatic rings. The molecule has 136 valence electrons. The van der Waals surface area contributed by atoms with Gasteiger partial charge in [-0.15, -0.1) is 0 Å². The van der Waals surface area contributed by atoms with E-state index >= 15 is 0 Å². The number of carbonyl (C=O) groups excluding carboxylic acids is 2. The molecule has 3 rings (SSSR count). The van der Waals surface area contributed by atoms with E-state index < -0.39 is 0 Å². The van der Waals surface area contributed by atoms with Crippen molar-refractivity contribution in [1.82, 2.24) is 0 Å². The van der Waals surface area contributed by atoms with Crippen LogP contribution in [-0.2, 0) is 0 Å². The summed E-state index contributed by atoms with van der Waals surface area (Å²) in [6.07, 6.45) is 0. The molecule has 0 atom stereocenters. The molecule has 0 radical (unpaired) electrons. The highest BCUT2D eigenvalue weighted by Gasteiger charge is 2.15. The molecule has 0 aliphatic heterocycles. The average Bonchev–Trinajstić information content (AvgIpc) is 2.64. The van der Waals surface area contributed by atoms with Crippen molar-refractivity contribution in [2.45, 2.75) is 20.8 Å². The third kappa shape index (κ3) is 4.42. The molecule has 0 saturated heterocycles. The van der Waals surface area contributed by atoms with Crippen LogP contribution in [0.3, 0.4) is 0 Å². The summed E-state index contributed by atoms with van der Waals surface area (Å²) in [6, 6.07) is 20.3. The lowest BCUT2D eigenvalue weighted by Crippen LogP contribution is -2.19. The molecule has 0 heterocycles. The van der Waals surface area contributed by atoms with E-state index in [0.29, 0.717) is 16.8 Å². The Morgan fingerprint density at radius 1 is 0.667 bits per heavy atom. The number of benzene rings is 3. The highest BCUT2D eigenvalue weighted by Crippen LogP contribution is 2.20. The molecule has 0 spiro atoms. The number of nitrogens with one attached hydrogen (secondary N) is 2. The van der Waals surface area contributed by atoms with Gasteiger partial charge in [-0.1, -0.05) is 42.0 Å². The number of hydrogen-bond acceptors (Lipinski definition) is 2. The molecule has 0 unspecified atom stereocenters. The highest BCUT2D eigenvalue weighted by atomic mass is 16.2. The Balaban J connectivity index is 1.84. The Kier molecular flexibility index (Phi) is 5.36. The summed E-state index contributed by atoms with van der Waals surface area (Å²) < 4.78 is 0. The van der Waals surface area contributed by atoms with Crippen LogP contribution in [0.25, 0.3) is 0 Å². The van der Waals surface area contributed by atoms with Crippen LogP contribution in [0.2, 0.25) is 0 Å². The predicted octanol–water partition coefficient (Wildman–Crippen LogP) is 5.12. The summed E-state index contributed by atoms with van der Waals surface area (Å²) in [5, 5.41) is 5.76. The first-order valence-electron chi connectivity index (χ1n) is 8.79. The summed E-state index contributed by atoms with van der Waals surface area (Å²) in [5.41, 5.74) is 5.17. The minimum absolute atomic E-state index is 0.230. The molecule has 2 N–H and O–H groups in total. The molecule has 0 aliphatic carbocycles. The maximum Gasteiger partial charge on any atom is 0.257 e. The van der Waals surface area contributed by atoms with Gasteiger partial charge in [-0.3, -0.25) is 9.59 Å². The monoisotopic (exact) mass is 358 g/mol. The fourth-order valence-corrected chi connectivity index (χ4v) is 2.88. The van der Waals surface area contributed by atoms with E-state index in [4.69, 9.17) is 0 Å². The summed E-state index contributed by atoms with van der Waals surface area (Å²) in [6.45, 7) is 5.80. The molecule has 27 heavy (non-hydrogen) atoms. The predicted molar refractivity (Wildman–Crippen MR) is 109 cm³/mol. The molecule has 0 aromatic heterocycles. The van der Waals surface area contributed by atoms with E-state index in [0.717, 1.165) is 22.4 Å². The van der Waals surface area contributed by atoms with Gasteiger partial charge in [0, 0.05) is 11.3 Å². The summed E-state index contributed by atoms with van der Waals surface area (Å²) in [7, 11) is 0. The van der Waals surface area contributed by atoms with Gasteiger partial charge in [0.15, 0.2) is 0 Å².